The van der Waals surface area contributed by atoms with Gasteiger partial charge in [-0.25, -0.2) is 4.98 Å². The molecule has 0 aliphatic rings. The van der Waals surface area contributed by atoms with Gasteiger partial charge in [0.15, 0.2) is 0 Å². The highest BCUT2D eigenvalue weighted by Gasteiger charge is 2.12. The zero-order valence-corrected chi connectivity index (χ0v) is 11.5. The third-order valence-electron chi connectivity index (χ3n) is 2.68. The number of nitrogens with zero attached hydrogens (tertiary/aromatic N) is 1. The molecule has 1 aromatic heterocycles. The molecule has 18 heavy (non-hydrogen) atoms. The first kappa shape index (κ1) is 14.9. The largest absolute Gasteiger partial charge is 0.371 e. The fraction of sp³-hybridized carbons (Fsp3) is 0.692. The van der Waals surface area contributed by atoms with Gasteiger partial charge in [0.25, 0.3) is 5.56 Å². The first-order valence-electron chi connectivity index (χ1n) is 6.63. The zero-order valence-electron chi connectivity index (χ0n) is 11.5. The predicted octanol–water partition coefficient (Wildman–Crippen LogP) is 1.76. The molecular formula is C13H23N3O2. The Balaban J connectivity index is 2.74. The summed E-state index contributed by atoms with van der Waals surface area (Å²) in [6.45, 7) is 8.11. The molecule has 0 bridgehead atoms. The summed E-state index contributed by atoms with van der Waals surface area (Å²) in [5.74, 6) is 0.614. The first-order valence-corrected chi connectivity index (χ1v) is 6.63. The van der Waals surface area contributed by atoms with Gasteiger partial charge in [-0.1, -0.05) is 13.8 Å². The quantitative estimate of drug-likeness (QED) is 0.693. The minimum Gasteiger partial charge on any atom is -0.371 e. The molecule has 1 unspecified atom stereocenters. The Labute approximate surface area is 108 Å². The minimum absolute atomic E-state index is 0.0817. The van der Waals surface area contributed by atoms with Crippen molar-refractivity contribution in [3.05, 3.63) is 27.9 Å². The Morgan fingerprint density at radius 2 is 2.22 bits per heavy atom. The Hall–Kier alpha value is -1.20. The summed E-state index contributed by atoms with van der Waals surface area (Å²) in [5, 5.41) is 3.19. The van der Waals surface area contributed by atoms with Crippen LogP contribution in [0.3, 0.4) is 0 Å². The van der Waals surface area contributed by atoms with E-state index in [4.69, 9.17) is 4.74 Å². The van der Waals surface area contributed by atoms with Gasteiger partial charge in [-0.15, -0.1) is 0 Å². The first-order chi connectivity index (χ1) is 8.72. The molecule has 5 nitrogen and oxygen atoms in total. The van der Waals surface area contributed by atoms with E-state index in [1.54, 1.807) is 6.20 Å². The van der Waals surface area contributed by atoms with Crippen LogP contribution in [0.25, 0.3) is 0 Å². The number of rotatable bonds is 8. The van der Waals surface area contributed by atoms with E-state index in [2.05, 4.69) is 22.2 Å². The van der Waals surface area contributed by atoms with Crippen molar-refractivity contribution in [1.29, 1.82) is 0 Å². The maximum Gasteiger partial charge on any atom is 0.255 e. The monoisotopic (exact) mass is 253 g/mol. The van der Waals surface area contributed by atoms with Crippen LogP contribution in [0.15, 0.2) is 11.0 Å². The van der Waals surface area contributed by atoms with Crippen molar-refractivity contribution in [2.45, 2.75) is 46.3 Å². The molecule has 1 atom stereocenters. The normalized spacial score (nSPS) is 12.6. The van der Waals surface area contributed by atoms with Crippen LogP contribution >= 0.6 is 0 Å². The number of aromatic nitrogens is 2. The number of hydrogen-bond donors (Lipinski definition) is 2. The molecule has 1 rings (SSSR count). The molecule has 0 radical (unpaired) electrons. The average molecular weight is 253 g/mol. The van der Waals surface area contributed by atoms with Gasteiger partial charge in [-0.05, 0) is 26.3 Å². The van der Waals surface area contributed by atoms with Crippen molar-refractivity contribution in [2.24, 2.45) is 0 Å². The zero-order chi connectivity index (χ0) is 13.4. The van der Waals surface area contributed by atoms with Crippen molar-refractivity contribution in [3.63, 3.8) is 0 Å². The van der Waals surface area contributed by atoms with Gasteiger partial charge < -0.3 is 15.0 Å². The standard InChI is InChI=1S/C13H23N3O2/c1-4-7-14-8-10-9-15-12(16-13(10)17)11(5-2)18-6-3/h9,11,14H,4-8H2,1-3H3,(H,15,16,17). The summed E-state index contributed by atoms with van der Waals surface area (Å²) < 4.78 is 5.52. The number of aromatic amines is 1. The summed E-state index contributed by atoms with van der Waals surface area (Å²) in [7, 11) is 0. The Morgan fingerprint density at radius 1 is 1.44 bits per heavy atom. The van der Waals surface area contributed by atoms with Gasteiger partial charge in [-0.3, -0.25) is 4.79 Å². The summed E-state index contributed by atoms with van der Waals surface area (Å²) in [6.07, 6.45) is 3.36. The lowest BCUT2D eigenvalue weighted by atomic mass is 10.2. The lowest BCUT2D eigenvalue weighted by Gasteiger charge is -2.14. The van der Waals surface area contributed by atoms with Gasteiger partial charge in [0.2, 0.25) is 0 Å². The topological polar surface area (TPSA) is 67.0 Å². The van der Waals surface area contributed by atoms with Crippen LogP contribution in [0.4, 0.5) is 0 Å². The molecule has 102 valence electrons. The second-order valence-corrected chi connectivity index (χ2v) is 4.15. The van der Waals surface area contributed by atoms with E-state index in [0.29, 0.717) is 24.5 Å². The van der Waals surface area contributed by atoms with E-state index in [1.807, 2.05) is 13.8 Å². The highest BCUT2D eigenvalue weighted by molar-refractivity contribution is 5.06. The summed E-state index contributed by atoms with van der Waals surface area (Å²) in [5.41, 5.74) is 0.584. The molecule has 0 fully saturated rings. The van der Waals surface area contributed by atoms with Crippen LogP contribution in [0.1, 0.15) is 51.1 Å². The van der Waals surface area contributed by atoms with Gasteiger partial charge >= 0.3 is 0 Å². The highest BCUT2D eigenvalue weighted by Crippen LogP contribution is 2.15. The molecule has 0 aromatic carbocycles. The minimum atomic E-state index is -0.125. The predicted molar refractivity (Wildman–Crippen MR) is 71.5 cm³/mol. The second-order valence-electron chi connectivity index (χ2n) is 4.15. The van der Waals surface area contributed by atoms with Gasteiger partial charge in [0, 0.05) is 24.9 Å². The van der Waals surface area contributed by atoms with E-state index < -0.39 is 0 Å². The van der Waals surface area contributed by atoms with Crippen LogP contribution in [0, 0.1) is 0 Å². The Morgan fingerprint density at radius 3 is 2.78 bits per heavy atom. The van der Waals surface area contributed by atoms with Crippen molar-refractivity contribution < 1.29 is 4.74 Å². The van der Waals surface area contributed by atoms with Crippen molar-refractivity contribution in [1.82, 2.24) is 15.3 Å². The molecule has 1 heterocycles. The molecule has 0 saturated carbocycles. The molecular weight excluding hydrogens is 230 g/mol. The average Bonchev–Trinajstić information content (AvgIpc) is 2.38. The second kappa shape index (κ2) is 8.00. The lowest BCUT2D eigenvalue weighted by Crippen LogP contribution is -2.24. The van der Waals surface area contributed by atoms with Crippen molar-refractivity contribution in [2.75, 3.05) is 13.2 Å². The number of H-pyrrole nitrogens is 1. The van der Waals surface area contributed by atoms with Crippen LogP contribution in [-0.4, -0.2) is 23.1 Å². The maximum absolute atomic E-state index is 11.9. The lowest BCUT2D eigenvalue weighted by molar-refractivity contribution is 0.0532. The summed E-state index contributed by atoms with van der Waals surface area (Å²) >= 11 is 0. The van der Waals surface area contributed by atoms with Crippen molar-refractivity contribution >= 4 is 0 Å². The number of nitrogens with one attached hydrogen (secondary N) is 2. The molecule has 0 amide bonds. The molecule has 0 spiro atoms. The molecule has 1 aromatic rings. The Bertz CT molecular complexity index is 403. The SMILES string of the molecule is CCCNCc1cnc(C(CC)OCC)[nH]c1=O. The smallest absolute Gasteiger partial charge is 0.255 e. The van der Waals surface area contributed by atoms with E-state index in [1.165, 1.54) is 0 Å². The fourth-order valence-corrected chi connectivity index (χ4v) is 1.72. The fourth-order valence-electron chi connectivity index (χ4n) is 1.72. The van der Waals surface area contributed by atoms with Crippen LogP contribution in [0.2, 0.25) is 0 Å². The van der Waals surface area contributed by atoms with Gasteiger partial charge in [0.05, 0.1) is 0 Å². The van der Waals surface area contributed by atoms with E-state index >= 15 is 0 Å². The third kappa shape index (κ3) is 4.23. The third-order valence-corrected chi connectivity index (χ3v) is 2.68. The van der Waals surface area contributed by atoms with Gasteiger partial charge in [0.1, 0.15) is 11.9 Å². The molecule has 0 saturated heterocycles. The molecule has 0 aliphatic heterocycles. The van der Waals surface area contributed by atoms with E-state index in [-0.39, 0.29) is 11.7 Å². The highest BCUT2D eigenvalue weighted by atomic mass is 16.5. The maximum atomic E-state index is 11.9. The van der Waals surface area contributed by atoms with Crippen LogP contribution in [-0.2, 0) is 11.3 Å². The molecule has 2 N–H and O–H groups in total. The summed E-state index contributed by atoms with van der Waals surface area (Å²) in [4.78, 5) is 19.0. The van der Waals surface area contributed by atoms with E-state index in [0.717, 1.165) is 19.4 Å². The Kier molecular flexibility index (Phi) is 6.60. The number of hydrogen-bond acceptors (Lipinski definition) is 4. The summed E-state index contributed by atoms with van der Waals surface area (Å²) in [6, 6.07) is 0. The molecule has 5 heteroatoms. The van der Waals surface area contributed by atoms with Crippen LogP contribution in [0.5, 0.6) is 0 Å². The molecule has 0 aliphatic carbocycles. The van der Waals surface area contributed by atoms with E-state index in [9.17, 15) is 4.79 Å². The number of ether oxygens (including phenoxy) is 1. The van der Waals surface area contributed by atoms with Gasteiger partial charge in [-0.2, -0.15) is 0 Å². The van der Waals surface area contributed by atoms with Crippen molar-refractivity contribution in [3.8, 4) is 0 Å². The van der Waals surface area contributed by atoms with Crippen LogP contribution < -0.4 is 10.9 Å².